The molecule has 1 aliphatic carbocycles. The normalized spacial score (nSPS) is 15.6. The molecule has 0 spiro atoms. The van der Waals surface area contributed by atoms with Gasteiger partial charge < -0.3 is 4.74 Å². The SMILES string of the molecule is CCOc1ccccc1C=C1C=C(C(C)(C)C)C(=O)C(C(C)(C)C)=C1. The number of para-hydroxylation sites is 1. The Morgan fingerprint density at radius 1 is 0.920 bits per heavy atom. The van der Waals surface area contributed by atoms with Gasteiger partial charge in [0.05, 0.1) is 6.61 Å². The first-order valence-corrected chi connectivity index (χ1v) is 8.96. The molecule has 1 aliphatic rings. The van der Waals surface area contributed by atoms with Gasteiger partial charge in [-0.2, -0.15) is 0 Å². The van der Waals surface area contributed by atoms with E-state index in [2.05, 4.69) is 47.6 Å². The lowest BCUT2D eigenvalue weighted by Gasteiger charge is -2.31. The van der Waals surface area contributed by atoms with E-state index >= 15 is 0 Å². The van der Waals surface area contributed by atoms with Crippen LogP contribution in [0.1, 0.15) is 54.0 Å². The van der Waals surface area contributed by atoms with Crippen molar-refractivity contribution >= 4 is 11.9 Å². The second-order valence-corrected chi connectivity index (χ2v) is 8.56. The molecule has 0 N–H and O–H groups in total. The summed E-state index contributed by atoms with van der Waals surface area (Å²) >= 11 is 0. The number of Topliss-reactive ketones (excluding diaryl/α,β-unsaturated/α-hetero) is 1. The zero-order valence-corrected chi connectivity index (χ0v) is 16.6. The van der Waals surface area contributed by atoms with Gasteiger partial charge in [0, 0.05) is 16.7 Å². The number of rotatable bonds is 3. The maximum absolute atomic E-state index is 13.0. The number of allylic oxidation sites excluding steroid dienone is 5. The molecular formula is C23H30O2. The molecule has 25 heavy (non-hydrogen) atoms. The first-order valence-electron chi connectivity index (χ1n) is 8.96. The molecule has 0 amide bonds. The van der Waals surface area contributed by atoms with E-state index in [1.54, 1.807) is 0 Å². The number of ether oxygens (including phenoxy) is 1. The van der Waals surface area contributed by atoms with Crippen LogP contribution in [0, 0.1) is 10.8 Å². The third-order valence-corrected chi connectivity index (χ3v) is 4.27. The molecule has 0 heterocycles. The number of hydrogen-bond donors (Lipinski definition) is 0. The summed E-state index contributed by atoms with van der Waals surface area (Å²) in [7, 11) is 0. The van der Waals surface area contributed by atoms with E-state index in [0.29, 0.717) is 6.61 Å². The topological polar surface area (TPSA) is 26.3 Å². The lowest BCUT2D eigenvalue weighted by molar-refractivity contribution is -0.114. The van der Waals surface area contributed by atoms with Crippen molar-refractivity contribution < 1.29 is 9.53 Å². The van der Waals surface area contributed by atoms with E-state index in [4.69, 9.17) is 4.74 Å². The molecule has 0 aliphatic heterocycles. The summed E-state index contributed by atoms with van der Waals surface area (Å²) in [4.78, 5) is 13.0. The number of benzene rings is 1. The minimum Gasteiger partial charge on any atom is -0.493 e. The number of carbonyl (C=O) groups excluding carboxylic acids is 1. The van der Waals surface area contributed by atoms with Gasteiger partial charge >= 0.3 is 0 Å². The van der Waals surface area contributed by atoms with Gasteiger partial charge in [0.15, 0.2) is 5.78 Å². The summed E-state index contributed by atoms with van der Waals surface area (Å²) in [6, 6.07) is 8.01. The lowest BCUT2D eigenvalue weighted by atomic mass is 9.72. The Hall–Kier alpha value is -2.09. The minimum absolute atomic E-state index is 0.162. The summed E-state index contributed by atoms with van der Waals surface area (Å²) < 4.78 is 5.73. The monoisotopic (exact) mass is 338 g/mol. The third kappa shape index (κ3) is 4.50. The second kappa shape index (κ2) is 7.03. The number of ketones is 1. The highest BCUT2D eigenvalue weighted by molar-refractivity contribution is 6.12. The van der Waals surface area contributed by atoms with E-state index in [-0.39, 0.29) is 16.6 Å². The highest BCUT2D eigenvalue weighted by Gasteiger charge is 2.33. The van der Waals surface area contributed by atoms with E-state index in [9.17, 15) is 4.79 Å². The van der Waals surface area contributed by atoms with Gasteiger partial charge in [0.2, 0.25) is 0 Å². The Labute approximate surface area is 152 Å². The first kappa shape index (κ1) is 19.2. The van der Waals surface area contributed by atoms with Gasteiger partial charge in [-0.1, -0.05) is 59.7 Å². The van der Waals surface area contributed by atoms with Crippen molar-refractivity contribution in [3.8, 4) is 5.75 Å². The van der Waals surface area contributed by atoms with E-state index in [1.165, 1.54) is 0 Å². The molecule has 2 nitrogen and oxygen atoms in total. The molecule has 2 rings (SSSR count). The fourth-order valence-corrected chi connectivity index (χ4v) is 2.91. The lowest BCUT2D eigenvalue weighted by Crippen LogP contribution is -2.27. The number of carbonyl (C=O) groups is 1. The largest absolute Gasteiger partial charge is 0.493 e. The van der Waals surface area contributed by atoms with Gasteiger partial charge in [-0.3, -0.25) is 4.79 Å². The van der Waals surface area contributed by atoms with Gasteiger partial charge in [0.1, 0.15) is 5.75 Å². The zero-order chi connectivity index (χ0) is 18.8. The average molecular weight is 338 g/mol. The van der Waals surface area contributed by atoms with E-state index in [0.717, 1.165) is 28.0 Å². The predicted octanol–water partition coefficient (Wildman–Crippen LogP) is 6.00. The Bertz CT molecular complexity index is 711. The summed E-state index contributed by atoms with van der Waals surface area (Å²) in [5, 5.41) is 0. The molecule has 134 valence electrons. The van der Waals surface area contributed by atoms with Crippen LogP contribution in [-0.4, -0.2) is 12.4 Å². The van der Waals surface area contributed by atoms with Crippen molar-refractivity contribution in [2.45, 2.75) is 48.5 Å². The van der Waals surface area contributed by atoms with Crippen LogP contribution in [0.2, 0.25) is 0 Å². The fourth-order valence-electron chi connectivity index (χ4n) is 2.91. The first-order chi connectivity index (χ1) is 11.5. The quantitative estimate of drug-likeness (QED) is 0.676. The average Bonchev–Trinajstić information content (AvgIpc) is 2.48. The molecule has 1 aromatic carbocycles. The number of hydrogen-bond acceptors (Lipinski definition) is 2. The van der Waals surface area contributed by atoms with Crippen molar-refractivity contribution in [3.63, 3.8) is 0 Å². The summed E-state index contributed by atoms with van der Waals surface area (Å²) in [6.45, 7) is 15.2. The van der Waals surface area contributed by atoms with Crippen LogP contribution in [0.5, 0.6) is 5.75 Å². The van der Waals surface area contributed by atoms with Gasteiger partial charge in [0.25, 0.3) is 0 Å². The molecule has 0 atom stereocenters. The molecule has 0 saturated carbocycles. The van der Waals surface area contributed by atoms with Crippen LogP contribution < -0.4 is 4.74 Å². The van der Waals surface area contributed by atoms with E-state index in [1.807, 2.05) is 43.3 Å². The summed E-state index contributed by atoms with van der Waals surface area (Å²) in [5.41, 5.74) is 3.41. The van der Waals surface area contributed by atoms with Crippen LogP contribution in [0.4, 0.5) is 0 Å². The Kier molecular flexibility index (Phi) is 5.41. The van der Waals surface area contributed by atoms with Crippen molar-refractivity contribution in [1.82, 2.24) is 0 Å². The Morgan fingerprint density at radius 2 is 1.44 bits per heavy atom. The van der Waals surface area contributed by atoms with Crippen molar-refractivity contribution in [1.29, 1.82) is 0 Å². The highest BCUT2D eigenvalue weighted by Crippen LogP contribution is 2.39. The third-order valence-electron chi connectivity index (χ3n) is 4.27. The van der Waals surface area contributed by atoms with Crippen molar-refractivity contribution in [2.75, 3.05) is 6.61 Å². The molecule has 0 bridgehead atoms. The fraction of sp³-hybridized carbons (Fsp3) is 0.435. The predicted molar refractivity (Wildman–Crippen MR) is 106 cm³/mol. The van der Waals surface area contributed by atoms with Crippen LogP contribution in [0.3, 0.4) is 0 Å². The minimum atomic E-state index is -0.194. The molecule has 1 aromatic rings. The summed E-state index contributed by atoms with van der Waals surface area (Å²) in [5.74, 6) is 1.03. The Balaban J connectivity index is 2.60. The molecular weight excluding hydrogens is 308 g/mol. The van der Waals surface area contributed by atoms with Gasteiger partial charge in [-0.05, 0) is 47.6 Å². The molecule has 0 fully saturated rings. The Morgan fingerprint density at radius 3 is 1.92 bits per heavy atom. The standard InChI is InChI=1S/C23H30O2/c1-8-25-20-12-10-9-11-17(20)13-16-14-18(22(2,3)4)21(24)19(15-16)23(5,6)7/h9-15H,8H2,1-7H3. The second-order valence-electron chi connectivity index (χ2n) is 8.56. The molecule has 2 heteroatoms. The van der Waals surface area contributed by atoms with Gasteiger partial charge in [-0.25, -0.2) is 0 Å². The van der Waals surface area contributed by atoms with E-state index < -0.39 is 0 Å². The maximum Gasteiger partial charge on any atom is 0.186 e. The van der Waals surface area contributed by atoms with Crippen LogP contribution >= 0.6 is 0 Å². The highest BCUT2D eigenvalue weighted by atomic mass is 16.5. The van der Waals surface area contributed by atoms with Crippen molar-refractivity contribution in [2.24, 2.45) is 10.8 Å². The van der Waals surface area contributed by atoms with Crippen LogP contribution in [0.25, 0.3) is 6.08 Å². The van der Waals surface area contributed by atoms with Crippen molar-refractivity contribution in [3.05, 3.63) is 58.7 Å². The zero-order valence-electron chi connectivity index (χ0n) is 16.6. The smallest absolute Gasteiger partial charge is 0.186 e. The van der Waals surface area contributed by atoms with Crippen LogP contribution in [0.15, 0.2) is 53.1 Å². The molecule has 0 aromatic heterocycles. The molecule has 0 saturated heterocycles. The molecule has 0 unspecified atom stereocenters. The summed E-state index contributed by atoms with van der Waals surface area (Å²) in [6.07, 6.45) is 6.16. The maximum atomic E-state index is 13.0. The van der Waals surface area contributed by atoms with Crippen LogP contribution in [-0.2, 0) is 4.79 Å². The van der Waals surface area contributed by atoms with Gasteiger partial charge in [-0.15, -0.1) is 0 Å². The molecule has 0 radical (unpaired) electrons.